The molecular formula is C41H64O15. The molecule has 0 aromatic carbocycles. The van der Waals surface area contributed by atoms with Gasteiger partial charge in [-0.25, -0.2) is 4.79 Å². The number of ether oxygens (including phenoxy) is 4. The number of carbonyl (C=O) groups is 2. The van der Waals surface area contributed by atoms with Crippen LogP contribution in [-0.2, 0) is 28.5 Å². The Labute approximate surface area is 328 Å². The van der Waals surface area contributed by atoms with E-state index in [0.29, 0.717) is 25.7 Å². The van der Waals surface area contributed by atoms with Crippen molar-refractivity contribution in [1.29, 1.82) is 0 Å². The van der Waals surface area contributed by atoms with Gasteiger partial charge in [0.2, 0.25) is 0 Å². The van der Waals surface area contributed by atoms with Crippen LogP contribution in [0.4, 0.5) is 0 Å². The first-order valence-electron chi connectivity index (χ1n) is 20.5. The second-order valence-corrected chi connectivity index (χ2v) is 20.3. The Morgan fingerprint density at radius 1 is 0.786 bits per heavy atom. The molecular weight excluding hydrogens is 732 g/mol. The molecule has 2 heterocycles. The Morgan fingerprint density at radius 2 is 1.45 bits per heavy atom. The zero-order valence-electron chi connectivity index (χ0n) is 33.4. The van der Waals surface area contributed by atoms with Gasteiger partial charge in [-0.2, -0.15) is 0 Å². The van der Waals surface area contributed by atoms with E-state index in [9.17, 15) is 55.5 Å². The summed E-state index contributed by atoms with van der Waals surface area (Å²) in [5, 5.41) is 96.9. The largest absolute Gasteiger partial charge is 0.481 e. The number of aliphatic carboxylic acids is 2. The third-order valence-corrected chi connectivity index (χ3v) is 16.9. The van der Waals surface area contributed by atoms with Crippen molar-refractivity contribution in [1.82, 2.24) is 0 Å². The predicted molar refractivity (Wildman–Crippen MR) is 195 cm³/mol. The fourth-order valence-corrected chi connectivity index (χ4v) is 13.5. The molecule has 0 amide bonds. The van der Waals surface area contributed by atoms with E-state index in [-0.39, 0.29) is 40.4 Å². The summed E-state index contributed by atoms with van der Waals surface area (Å²) in [5.74, 6) is -2.46. The lowest BCUT2D eigenvalue weighted by atomic mass is 9.33. The molecule has 19 unspecified atom stereocenters. The third kappa shape index (κ3) is 6.08. The molecule has 0 aromatic rings. The van der Waals surface area contributed by atoms with E-state index in [1.165, 1.54) is 5.57 Å². The Kier molecular flexibility index (Phi) is 10.7. The molecule has 2 saturated heterocycles. The lowest BCUT2D eigenvalue weighted by Gasteiger charge is -2.71. The minimum Gasteiger partial charge on any atom is -0.481 e. The van der Waals surface area contributed by atoms with Crippen molar-refractivity contribution in [3.63, 3.8) is 0 Å². The number of aliphatic hydroxyl groups is 7. The van der Waals surface area contributed by atoms with Gasteiger partial charge in [0.25, 0.3) is 0 Å². The minimum atomic E-state index is -1.95. The molecule has 15 heteroatoms. The fraction of sp³-hybridized carbons (Fsp3) is 0.902. The van der Waals surface area contributed by atoms with E-state index < -0.39 is 109 Å². The number of hydrogen-bond acceptors (Lipinski definition) is 13. The van der Waals surface area contributed by atoms with E-state index in [1.807, 2.05) is 6.92 Å². The summed E-state index contributed by atoms with van der Waals surface area (Å²) in [6.07, 6.45) is -9.76. The summed E-state index contributed by atoms with van der Waals surface area (Å²) in [7, 11) is 0. The molecule has 7 aliphatic rings. The topological polar surface area (TPSA) is 253 Å². The molecule has 5 aliphatic carbocycles. The Bertz CT molecular complexity index is 1570. The quantitative estimate of drug-likeness (QED) is 0.131. The molecule has 2 aliphatic heterocycles. The van der Waals surface area contributed by atoms with Crippen molar-refractivity contribution < 1.29 is 74.5 Å². The van der Waals surface area contributed by atoms with E-state index in [0.717, 1.165) is 25.7 Å². The summed E-state index contributed by atoms with van der Waals surface area (Å²) in [5.41, 5.74) is -1.58. The number of allylic oxidation sites excluding steroid dienone is 2. The fourth-order valence-electron chi connectivity index (χ4n) is 13.5. The highest BCUT2D eigenvalue weighted by molar-refractivity contribution is 5.76. The standard InChI is InChI=1S/C41H64O15/c1-36(2)11-13-41(35(51)52)14-12-39(5)19(20(41)15-36)7-8-24-37(3)16-21(43)31(38(4,18-42)23(37)9-10-40(24,39)6)56-34-28(48)26(46)29(30(55-34)32(49)50)54-33-27(47)25(45)22(44)17-53-33/h7,20-31,33-34,42-48H,8-18H2,1-6H3,(H,49,50)(H,51,52). The van der Waals surface area contributed by atoms with E-state index in [2.05, 4.69) is 40.7 Å². The first-order chi connectivity index (χ1) is 26.0. The van der Waals surface area contributed by atoms with Crippen LogP contribution in [0.15, 0.2) is 11.6 Å². The second kappa shape index (κ2) is 14.2. The number of hydrogen-bond donors (Lipinski definition) is 9. The molecule has 56 heavy (non-hydrogen) atoms. The predicted octanol–water partition coefficient (Wildman–Crippen LogP) is 1.56. The molecule has 19 atom stereocenters. The highest BCUT2D eigenvalue weighted by Crippen LogP contribution is 2.76. The van der Waals surface area contributed by atoms with Crippen molar-refractivity contribution in [2.24, 2.45) is 50.2 Å². The van der Waals surface area contributed by atoms with Gasteiger partial charge in [0, 0.05) is 5.41 Å². The summed E-state index contributed by atoms with van der Waals surface area (Å²) < 4.78 is 22.8. The van der Waals surface area contributed by atoms with Gasteiger partial charge in [-0.1, -0.05) is 53.2 Å². The van der Waals surface area contributed by atoms with E-state index in [1.54, 1.807) is 0 Å². The molecule has 0 spiro atoms. The molecule has 0 aromatic heterocycles. The van der Waals surface area contributed by atoms with Crippen LogP contribution in [0, 0.1) is 50.2 Å². The normalized spacial score (nSPS) is 54.1. The number of fused-ring (bicyclic) bond motifs is 7. The van der Waals surface area contributed by atoms with Crippen LogP contribution in [0.1, 0.15) is 99.3 Å². The number of rotatable bonds is 7. The van der Waals surface area contributed by atoms with Gasteiger partial charge < -0.3 is 64.9 Å². The second-order valence-electron chi connectivity index (χ2n) is 20.3. The molecule has 4 saturated carbocycles. The smallest absolute Gasteiger partial charge is 0.335 e. The maximum Gasteiger partial charge on any atom is 0.335 e. The van der Waals surface area contributed by atoms with Crippen LogP contribution in [-0.4, -0.2) is 139 Å². The summed E-state index contributed by atoms with van der Waals surface area (Å²) in [4.78, 5) is 25.5. The SMILES string of the molecule is CC1(C)CCC2(C(=O)O)CCC3(C)C(=CCC4C5(C)CC(O)C(OC6OC(C(=O)O)C(OC7OCC(O)C(O)C7O)C(O)C6O)C(C)(CO)C5CCC43C)C2C1. The molecule has 318 valence electrons. The molecule has 0 bridgehead atoms. The number of carboxylic acid groups (broad SMARTS) is 2. The van der Waals surface area contributed by atoms with Crippen LogP contribution < -0.4 is 0 Å². The third-order valence-electron chi connectivity index (χ3n) is 16.9. The maximum atomic E-state index is 13.0. The Morgan fingerprint density at radius 3 is 2.09 bits per heavy atom. The number of aliphatic hydroxyl groups excluding tert-OH is 7. The van der Waals surface area contributed by atoms with Gasteiger partial charge in [0.1, 0.15) is 36.6 Å². The van der Waals surface area contributed by atoms with Crippen molar-refractivity contribution in [3.8, 4) is 0 Å². The van der Waals surface area contributed by atoms with Gasteiger partial charge in [-0.3, -0.25) is 4.79 Å². The first-order valence-corrected chi connectivity index (χ1v) is 20.5. The molecule has 7 rings (SSSR count). The van der Waals surface area contributed by atoms with Gasteiger partial charge >= 0.3 is 11.9 Å². The van der Waals surface area contributed by atoms with Crippen LogP contribution in [0.2, 0.25) is 0 Å². The first kappa shape index (κ1) is 42.4. The molecule has 0 radical (unpaired) electrons. The van der Waals surface area contributed by atoms with E-state index in [4.69, 9.17) is 18.9 Å². The lowest BCUT2D eigenvalue weighted by Crippen LogP contribution is -2.70. The lowest BCUT2D eigenvalue weighted by molar-refractivity contribution is -0.362. The highest BCUT2D eigenvalue weighted by atomic mass is 16.7. The van der Waals surface area contributed by atoms with Crippen molar-refractivity contribution in [2.45, 2.75) is 167 Å². The molecule has 9 N–H and O–H groups in total. The Balaban J connectivity index is 1.15. The summed E-state index contributed by atoms with van der Waals surface area (Å²) in [6.45, 7) is 12.3. The Hall–Kier alpha value is -1.76. The highest BCUT2D eigenvalue weighted by Gasteiger charge is 2.71. The minimum absolute atomic E-state index is 0.0277. The van der Waals surface area contributed by atoms with Crippen molar-refractivity contribution in [3.05, 3.63) is 11.6 Å². The zero-order chi connectivity index (χ0) is 41.1. The average Bonchev–Trinajstić information content (AvgIpc) is 3.12. The van der Waals surface area contributed by atoms with Gasteiger partial charge in [0.05, 0.1) is 30.8 Å². The van der Waals surface area contributed by atoms with Crippen LogP contribution in [0.25, 0.3) is 0 Å². The van der Waals surface area contributed by atoms with Crippen molar-refractivity contribution >= 4 is 11.9 Å². The van der Waals surface area contributed by atoms with Crippen molar-refractivity contribution in [2.75, 3.05) is 13.2 Å². The monoisotopic (exact) mass is 796 g/mol. The zero-order valence-corrected chi connectivity index (χ0v) is 33.4. The summed E-state index contributed by atoms with van der Waals surface area (Å²) in [6, 6.07) is 0. The maximum absolute atomic E-state index is 13.0. The van der Waals surface area contributed by atoms with Gasteiger partial charge in [-0.05, 0) is 97.2 Å². The molecule has 15 nitrogen and oxygen atoms in total. The van der Waals surface area contributed by atoms with E-state index >= 15 is 0 Å². The van der Waals surface area contributed by atoms with Gasteiger partial charge in [-0.15, -0.1) is 0 Å². The average molecular weight is 797 g/mol. The number of carboxylic acids is 2. The van der Waals surface area contributed by atoms with Crippen LogP contribution >= 0.6 is 0 Å². The molecule has 6 fully saturated rings. The van der Waals surface area contributed by atoms with Crippen LogP contribution in [0.5, 0.6) is 0 Å². The van der Waals surface area contributed by atoms with Crippen LogP contribution in [0.3, 0.4) is 0 Å². The summed E-state index contributed by atoms with van der Waals surface area (Å²) >= 11 is 0. The van der Waals surface area contributed by atoms with Gasteiger partial charge in [0.15, 0.2) is 18.7 Å².